The Balaban J connectivity index is 1.84. The van der Waals surface area contributed by atoms with Crippen molar-refractivity contribution in [2.45, 2.75) is 18.9 Å². The van der Waals surface area contributed by atoms with E-state index in [0.29, 0.717) is 24.0 Å². The molecule has 1 aromatic rings. The Bertz CT molecular complexity index is 455. The van der Waals surface area contributed by atoms with Crippen LogP contribution in [-0.2, 0) is 4.79 Å². The molecular weight excluding hydrogens is 252 g/mol. The van der Waals surface area contributed by atoms with Gasteiger partial charge in [-0.15, -0.1) is 0 Å². The van der Waals surface area contributed by atoms with E-state index in [1.54, 1.807) is 6.07 Å². The molecule has 1 saturated heterocycles. The lowest BCUT2D eigenvalue weighted by Crippen LogP contribution is -2.44. The minimum atomic E-state index is -0.00988. The van der Waals surface area contributed by atoms with Gasteiger partial charge < -0.3 is 16.0 Å². The second kappa shape index (κ2) is 6.72. The van der Waals surface area contributed by atoms with Crippen molar-refractivity contribution >= 4 is 17.3 Å². The average Bonchev–Trinajstić information content (AvgIpc) is 2.42. The first-order valence-electron chi connectivity index (χ1n) is 7.09. The number of carbonyl (C=O) groups excluding carboxylic acids is 1. The highest BCUT2D eigenvalue weighted by molar-refractivity contribution is 5.95. The molecule has 1 aromatic carbocycles. The molecule has 0 radical (unpaired) electrons. The predicted molar refractivity (Wildman–Crippen MR) is 82.6 cm³/mol. The van der Waals surface area contributed by atoms with E-state index in [4.69, 9.17) is 5.73 Å². The number of rotatable bonds is 4. The van der Waals surface area contributed by atoms with E-state index in [2.05, 4.69) is 22.2 Å². The molecule has 1 heterocycles. The number of piperidine rings is 1. The third-order valence-corrected chi connectivity index (χ3v) is 3.94. The normalized spacial score (nSPS) is 17.4. The van der Waals surface area contributed by atoms with Crippen molar-refractivity contribution in [3.05, 3.63) is 24.3 Å². The zero-order chi connectivity index (χ0) is 14.5. The summed E-state index contributed by atoms with van der Waals surface area (Å²) in [4.78, 5) is 16.5. The van der Waals surface area contributed by atoms with Crippen LogP contribution in [0.15, 0.2) is 24.3 Å². The molecule has 0 atom stereocenters. The van der Waals surface area contributed by atoms with Gasteiger partial charge in [-0.3, -0.25) is 9.69 Å². The number of anilines is 2. The van der Waals surface area contributed by atoms with Gasteiger partial charge in [-0.1, -0.05) is 12.1 Å². The van der Waals surface area contributed by atoms with Crippen molar-refractivity contribution in [2.24, 2.45) is 0 Å². The lowest BCUT2D eigenvalue weighted by atomic mass is 10.0. The van der Waals surface area contributed by atoms with Crippen molar-refractivity contribution in [1.29, 1.82) is 0 Å². The SMILES string of the molecule is CN1CCC(N(C)CC(=O)Nc2ccccc2N)CC1. The zero-order valence-corrected chi connectivity index (χ0v) is 12.3. The van der Waals surface area contributed by atoms with Gasteiger partial charge in [-0.2, -0.15) is 0 Å². The molecule has 1 fully saturated rings. The quantitative estimate of drug-likeness (QED) is 0.812. The van der Waals surface area contributed by atoms with Gasteiger partial charge in [0.2, 0.25) is 5.91 Å². The van der Waals surface area contributed by atoms with Crippen LogP contribution in [0, 0.1) is 0 Å². The van der Waals surface area contributed by atoms with Crippen LogP contribution in [0.3, 0.4) is 0 Å². The van der Waals surface area contributed by atoms with Gasteiger partial charge in [0.25, 0.3) is 0 Å². The second-order valence-corrected chi connectivity index (χ2v) is 5.58. The summed E-state index contributed by atoms with van der Waals surface area (Å²) in [6.45, 7) is 2.60. The summed E-state index contributed by atoms with van der Waals surface area (Å²) < 4.78 is 0. The Morgan fingerprint density at radius 3 is 2.70 bits per heavy atom. The monoisotopic (exact) mass is 276 g/mol. The molecule has 5 heteroatoms. The smallest absolute Gasteiger partial charge is 0.238 e. The Morgan fingerprint density at radius 1 is 1.40 bits per heavy atom. The molecule has 20 heavy (non-hydrogen) atoms. The molecule has 1 amide bonds. The number of nitrogens with zero attached hydrogens (tertiary/aromatic N) is 2. The summed E-state index contributed by atoms with van der Waals surface area (Å²) in [5.74, 6) is -0.00988. The predicted octanol–water partition coefficient (Wildman–Crippen LogP) is 1.23. The van der Waals surface area contributed by atoms with Gasteiger partial charge in [0, 0.05) is 6.04 Å². The van der Waals surface area contributed by atoms with Crippen LogP contribution in [0.25, 0.3) is 0 Å². The van der Waals surface area contributed by atoms with Gasteiger partial charge >= 0.3 is 0 Å². The van der Waals surface area contributed by atoms with Crippen LogP contribution in [0.2, 0.25) is 0 Å². The minimum absolute atomic E-state index is 0.00988. The fourth-order valence-corrected chi connectivity index (χ4v) is 2.59. The maximum atomic E-state index is 12.1. The number of nitrogens with two attached hydrogens (primary N) is 1. The summed E-state index contributed by atoms with van der Waals surface area (Å²) in [7, 11) is 4.16. The van der Waals surface area contributed by atoms with Gasteiger partial charge in [0.05, 0.1) is 17.9 Å². The topological polar surface area (TPSA) is 61.6 Å². The van der Waals surface area contributed by atoms with E-state index in [9.17, 15) is 4.79 Å². The Kier molecular flexibility index (Phi) is 4.98. The van der Waals surface area contributed by atoms with Gasteiger partial charge in [-0.05, 0) is 52.2 Å². The molecule has 0 saturated carbocycles. The van der Waals surface area contributed by atoms with E-state index in [-0.39, 0.29) is 5.91 Å². The first kappa shape index (κ1) is 14.8. The zero-order valence-electron chi connectivity index (χ0n) is 12.3. The minimum Gasteiger partial charge on any atom is -0.397 e. The number of nitrogen functional groups attached to an aromatic ring is 1. The summed E-state index contributed by atoms with van der Waals surface area (Å²) in [6.07, 6.45) is 2.24. The van der Waals surface area contributed by atoms with Crippen LogP contribution >= 0.6 is 0 Å². The fraction of sp³-hybridized carbons (Fsp3) is 0.533. The summed E-state index contributed by atoms with van der Waals surface area (Å²) in [5, 5.41) is 2.87. The number of hydrogen-bond acceptors (Lipinski definition) is 4. The number of likely N-dealkylation sites (tertiary alicyclic amines) is 1. The number of amides is 1. The molecule has 1 aliphatic rings. The number of para-hydroxylation sites is 2. The first-order valence-corrected chi connectivity index (χ1v) is 7.09. The molecule has 0 unspecified atom stereocenters. The van der Waals surface area contributed by atoms with Gasteiger partial charge in [-0.25, -0.2) is 0 Å². The standard InChI is InChI=1S/C15H24N4O/c1-18-9-7-12(8-10-18)19(2)11-15(20)17-14-6-4-3-5-13(14)16/h3-6,12H,7-11,16H2,1-2H3,(H,17,20). The molecule has 0 aromatic heterocycles. The average molecular weight is 276 g/mol. The molecule has 2 rings (SSSR count). The molecule has 5 nitrogen and oxygen atoms in total. The largest absolute Gasteiger partial charge is 0.397 e. The molecule has 110 valence electrons. The van der Waals surface area contributed by atoms with Crippen LogP contribution in [0.4, 0.5) is 11.4 Å². The fourth-order valence-electron chi connectivity index (χ4n) is 2.59. The lowest BCUT2D eigenvalue weighted by Gasteiger charge is -2.34. The van der Waals surface area contributed by atoms with Gasteiger partial charge in [0.1, 0.15) is 0 Å². The molecule has 3 N–H and O–H groups in total. The number of benzene rings is 1. The van der Waals surface area contributed by atoms with Crippen molar-refractivity contribution < 1.29 is 4.79 Å². The number of carbonyl (C=O) groups is 1. The second-order valence-electron chi connectivity index (χ2n) is 5.58. The Morgan fingerprint density at radius 2 is 2.05 bits per heavy atom. The molecule has 1 aliphatic heterocycles. The van der Waals surface area contributed by atoms with E-state index in [0.717, 1.165) is 25.9 Å². The van der Waals surface area contributed by atoms with E-state index < -0.39 is 0 Å². The van der Waals surface area contributed by atoms with Crippen LogP contribution < -0.4 is 11.1 Å². The first-order chi connectivity index (χ1) is 9.56. The maximum absolute atomic E-state index is 12.1. The van der Waals surface area contributed by atoms with Crippen LogP contribution in [0.5, 0.6) is 0 Å². The summed E-state index contributed by atoms with van der Waals surface area (Å²) in [5.41, 5.74) is 7.11. The summed E-state index contributed by atoms with van der Waals surface area (Å²) in [6, 6.07) is 7.83. The summed E-state index contributed by atoms with van der Waals surface area (Å²) >= 11 is 0. The van der Waals surface area contributed by atoms with Crippen molar-refractivity contribution in [2.75, 3.05) is 44.8 Å². The van der Waals surface area contributed by atoms with Crippen molar-refractivity contribution in [1.82, 2.24) is 9.80 Å². The number of hydrogen-bond donors (Lipinski definition) is 2. The molecule has 0 spiro atoms. The third-order valence-electron chi connectivity index (χ3n) is 3.94. The van der Waals surface area contributed by atoms with E-state index in [1.807, 2.05) is 25.2 Å². The van der Waals surface area contributed by atoms with Crippen LogP contribution in [-0.4, -0.2) is 55.5 Å². The van der Waals surface area contributed by atoms with Crippen LogP contribution in [0.1, 0.15) is 12.8 Å². The maximum Gasteiger partial charge on any atom is 0.238 e. The van der Waals surface area contributed by atoms with Gasteiger partial charge in [0.15, 0.2) is 0 Å². The third kappa shape index (κ3) is 3.95. The molecular formula is C15H24N4O. The van der Waals surface area contributed by atoms with Crippen molar-refractivity contribution in [3.8, 4) is 0 Å². The van der Waals surface area contributed by atoms with Crippen molar-refractivity contribution in [3.63, 3.8) is 0 Å². The van der Waals surface area contributed by atoms with E-state index >= 15 is 0 Å². The van der Waals surface area contributed by atoms with E-state index in [1.165, 1.54) is 0 Å². The number of nitrogens with one attached hydrogen (secondary N) is 1. The highest BCUT2D eigenvalue weighted by Crippen LogP contribution is 2.17. The molecule has 0 bridgehead atoms. The Labute approximate surface area is 120 Å². The highest BCUT2D eigenvalue weighted by atomic mass is 16.2. The lowest BCUT2D eigenvalue weighted by molar-refractivity contribution is -0.117. The Hall–Kier alpha value is -1.59. The highest BCUT2D eigenvalue weighted by Gasteiger charge is 2.22. The molecule has 0 aliphatic carbocycles. The number of likely N-dealkylation sites (N-methyl/N-ethyl adjacent to an activating group) is 1.